The van der Waals surface area contributed by atoms with Crippen LogP contribution in [0.5, 0.6) is 0 Å². The van der Waals surface area contributed by atoms with E-state index >= 15 is 0 Å². The summed E-state index contributed by atoms with van der Waals surface area (Å²) in [6.45, 7) is 0.0709. The summed E-state index contributed by atoms with van der Waals surface area (Å²) in [6, 6.07) is 19.2. The van der Waals surface area contributed by atoms with Crippen molar-refractivity contribution in [3.05, 3.63) is 95.8 Å². The summed E-state index contributed by atoms with van der Waals surface area (Å²) in [7, 11) is 0. The number of hydrogen-bond acceptors (Lipinski definition) is 4. The van der Waals surface area contributed by atoms with Gasteiger partial charge in [0.15, 0.2) is 0 Å². The molecule has 1 aromatic heterocycles. The molecule has 3 rings (SSSR count). The van der Waals surface area contributed by atoms with Crippen LogP contribution in [0.25, 0.3) is 0 Å². The second kappa shape index (κ2) is 9.80. The van der Waals surface area contributed by atoms with Crippen molar-refractivity contribution < 1.29 is 14.4 Å². The maximum absolute atomic E-state index is 12.3. The lowest BCUT2D eigenvalue weighted by molar-refractivity contribution is -0.120. The zero-order valence-corrected chi connectivity index (χ0v) is 15.6. The molecule has 0 radical (unpaired) electrons. The second-order valence-corrected chi connectivity index (χ2v) is 6.18. The van der Waals surface area contributed by atoms with Gasteiger partial charge >= 0.3 is 0 Å². The molecule has 0 aliphatic rings. The largest absolute Gasteiger partial charge is 0.350 e. The van der Waals surface area contributed by atoms with Gasteiger partial charge in [-0.05, 0) is 35.9 Å². The average Bonchev–Trinajstić information content (AvgIpc) is 2.78. The molecule has 7 heteroatoms. The third-order valence-electron chi connectivity index (χ3n) is 4.11. The van der Waals surface area contributed by atoms with Crippen molar-refractivity contribution in [1.82, 2.24) is 15.6 Å². The van der Waals surface area contributed by atoms with Crippen molar-refractivity contribution in [2.75, 3.05) is 11.9 Å². The van der Waals surface area contributed by atoms with Gasteiger partial charge in [0.1, 0.15) is 0 Å². The van der Waals surface area contributed by atoms with Crippen molar-refractivity contribution in [3.63, 3.8) is 0 Å². The number of para-hydroxylation sites is 1. The van der Waals surface area contributed by atoms with Crippen LogP contribution in [-0.4, -0.2) is 29.3 Å². The van der Waals surface area contributed by atoms with E-state index in [1.54, 1.807) is 54.7 Å². The highest BCUT2D eigenvalue weighted by Gasteiger charge is 2.11. The SMILES string of the molecule is O=C(CNC(=O)c1ccccc1)NCc1ccccc1NC(=O)c1cccnc1. The lowest BCUT2D eigenvalue weighted by atomic mass is 10.1. The molecule has 146 valence electrons. The van der Waals surface area contributed by atoms with Crippen molar-refractivity contribution >= 4 is 23.4 Å². The van der Waals surface area contributed by atoms with Gasteiger partial charge in [-0.25, -0.2) is 0 Å². The predicted molar refractivity (Wildman–Crippen MR) is 109 cm³/mol. The smallest absolute Gasteiger partial charge is 0.257 e. The van der Waals surface area contributed by atoms with Gasteiger partial charge in [0.25, 0.3) is 11.8 Å². The third-order valence-corrected chi connectivity index (χ3v) is 4.11. The first-order valence-electron chi connectivity index (χ1n) is 9.03. The predicted octanol–water partition coefficient (Wildman–Crippen LogP) is 2.38. The Hall–Kier alpha value is -4.00. The summed E-state index contributed by atoms with van der Waals surface area (Å²) in [4.78, 5) is 40.3. The Labute approximate surface area is 168 Å². The average molecular weight is 388 g/mol. The van der Waals surface area contributed by atoms with Gasteiger partial charge in [-0.3, -0.25) is 19.4 Å². The highest BCUT2D eigenvalue weighted by atomic mass is 16.2. The number of nitrogens with zero attached hydrogens (tertiary/aromatic N) is 1. The molecule has 3 aromatic rings. The number of pyridine rings is 1. The molecule has 7 nitrogen and oxygen atoms in total. The number of amides is 3. The number of aromatic nitrogens is 1. The van der Waals surface area contributed by atoms with Gasteiger partial charge in [-0.1, -0.05) is 36.4 Å². The van der Waals surface area contributed by atoms with E-state index in [1.165, 1.54) is 6.20 Å². The quantitative estimate of drug-likeness (QED) is 0.579. The molecule has 0 bridgehead atoms. The molecule has 0 aliphatic heterocycles. The summed E-state index contributed by atoms with van der Waals surface area (Å²) in [6.07, 6.45) is 3.08. The highest BCUT2D eigenvalue weighted by Crippen LogP contribution is 2.16. The van der Waals surface area contributed by atoms with Crippen LogP contribution in [0.4, 0.5) is 5.69 Å². The minimum absolute atomic E-state index is 0.141. The van der Waals surface area contributed by atoms with Crippen LogP contribution in [0.3, 0.4) is 0 Å². The molecule has 29 heavy (non-hydrogen) atoms. The highest BCUT2D eigenvalue weighted by molar-refractivity contribution is 6.04. The van der Waals surface area contributed by atoms with E-state index in [4.69, 9.17) is 0 Å². The standard InChI is InChI=1S/C22H20N4O3/c27-20(15-25-21(28)16-7-2-1-3-8-16)24-14-17-9-4-5-11-19(17)26-22(29)18-10-6-12-23-13-18/h1-13H,14-15H2,(H,24,27)(H,25,28)(H,26,29). The molecule has 0 spiro atoms. The van der Waals surface area contributed by atoms with Gasteiger partial charge in [0.05, 0.1) is 12.1 Å². The fourth-order valence-electron chi connectivity index (χ4n) is 2.60. The van der Waals surface area contributed by atoms with Crippen molar-refractivity contribution in [3.8, 4) is 0 Å². The van der Waals surface area contributed by atoms with E-state index in [0.29, 0.717) is 16.8 Å². The van der Waals surface area contributed by atoms with Crippen molar-refractivity contribution in [1.29, 1.82) is 0 Å². The Balaban J connectivity index is 1.53. The number of hydrogen-bond donors (Lipinski definition) is 3. The number of carbonyl (C=O) groups excluding carboxylic acids is 3. The fourth-order valence-corrected chi connectivity index (χ4v) is 2.60. The van der Waals surface area contributed by atoms with E-state index in [0.717, 1.165) is 5.56 Å². The summed E-state index contributed by atoms with van der Waals surface area (Å²) in [5.74, 6) is -0.931. The zero-order valence-electron chi connectivity index (χ0n) is 15.6. The molecule has 0 aliphatic carbocycles. The van der Waals surface area contributed by atoms with Crippen LogP contribution in [0, 0.1) is 0 Å². The molecule has 2 aromatic carbocycles. The van der Waals surface area contributed by atoms with Gasteiger partial charge in [0, 0.05) is 30.2 Å². The molecule has 0 atom stereocenters. The van der Waals surface area contributed by atoms with E-state index in [-0.39, 0.29) is 30.8 Å². The van der Waals surface area contributed by atoms with E-state index in [1.807, 2.05) is 18.2 Å². The van der Waals surface area contributed by atoms with E-state index in [9.17, 15) is 14.4 Å². The maximum Gasteiger partial charge on any atom is 0.257 e. The maximum atomic E-state index is 12.3. The van der Waals surface area contributed by atoms with Gasteiger partial charge in [-0.2, -0.15) is 0 Å². The lowest BCUT2D eigenvalue weighted by Crippen LogP contribution is -2.36. The number of nitrogens with one attached hydrogen (secondary N) is 3. The summed E-state index contributed by atoms with van der Waals surface area (Å²) >= 11 is 0. The minimum Gasteiger partial charge on any atom is -0.350 e. The molecule has 0 saturated heterocycles. The monoisotopic (exact) mass is 388 g/mol. The van der Waals surface area contributed by atoms with Gasteiger partial charge in [-0.15, -0.1) is 0 Å². The van der Waals surface area contributed by atoms with E-state index in [2.05, 4.69) is 20.9 Å². The number of rotatable bonds is 7. The van der Waals surface area contributed by atoms with Crippen LogP contribution >= 0.6 is 0 Å². The molecule has 0 saturated carbocycles. The first-order valence-corrected chi connectivity index (χ1v) is 9.03. The molecule has 0 fully saturated rings. The summed E-state index contributed by atoms with van der Waals surface area (Å²) < 4.78 is 0. The topological polar surface area (TPSA) is 100 Å². The molecule has 0 unspecified atom stereocenters. The fraction of sp³-hybridized carbons (Fsp3) is 0.0909. The van der Waals surface area contributed by atoms with Crippen molar-refractivity contribution in [2.45, 2.75) is 6.54 Å². The van der Waals surface area contributed by atoms with E-state index < -0.39 is 0 Å². The molecule has 3 N–H and O–H groups in total. The van der Waals surface area contributed by atoms with Crippen LogP contribution in [0.1, 0.15) is 26.3 Å². The number of benzene rings is 2. The summed E-state index contributed by atoms with van der Waals surface area (Å²) in [5, 5.41) is 8.14. The molecular formula is C22H20N4O3. The normalized spacial score (nSPS) is 10.1. The Kier molecular flexibility index (Phi) is 6.67. The van der Waals surface area contributed by atoms with Crippen LogP contribution in [0.2, 0.25) is 0 Å². The Morgan fingerprint density at radius 3 is 2.24 bits per heavy atom. The number of carbonyl (C=O) groups is 3. The third kappa shape index (κ3) is 5.74. The minimum atomic E-state index is -0.331. The van der Waals surface area contributed by atoms with Gasteiger partial charge in [0.2, 0.25) is 5.91 Å². The Morgan fingerprint density at radius 2 is 1.48 bits per heavy atom. The Morgan fingerprint density at radius 1 is 0.759 bits per heavy atom. The van der Waals surface area contributed by atoms with Crippen LogP contribution in [0.15, 0.2) is 79.1 Å². The first-order chi connectivity index (χ1) is 14.1. The van der Waals surface area contributed by atoms with Gasteiger partial charge < -0.3 is 16.0 Å². The second-order valence-electron chi connectivity index (χ2n) is 6.18. The molecular weight excluding hydrogens is 368 g/mol. The molecule has 1 heterocycles. The lowest BCUT2D eigenvalue weighted by Gasteiger charge is -2.12. The van der Waals surface area contributed by atoms with Crippen molar-refractivity contribution in [2.24, 2.45) is 0 Å². The summed E-state index contributed by atoms with van der Waals surface area (Å²) in [5.41, 5.74) is 2.26. The number of anilines is 1. The zero-order chi connectivity index (χ0) is 20.5. The first kappa shape index (κ1) is 19.8. The Bertz CT molecular complexity index is 991. The molecule has 3 amide bonds. The van der Waals surface area contributed by atoms with Crippen LogP contribution in [-0.2, 0) is 11.3 Å². The van der Waals surface area contributed by atoms with Crippen LogP contribution < -0.4 is 16.0 Å².